The molecule has 2 heterocycles. The molecule has 0 spiro atoms. The second-order valence-electron chi connectivity index (χ2n) is 5.06. The first-order valence-electron chi connectivity index (χ1n) is 7.21. The number of hydrogen-bond donors (Lipinski definition) is 1. The van der Waals surface area contributed by atoms with Crippen molar-refractivity contribution < 1.29 is 14.7 Å². The van der Waals surface area contributed by atoms with Crippen LogP contribution in [0.3, 0.4) is 0 Å². The number of aromatic nitrogens is 2. The van der Waals surface area contributed by atoms with Crippen LogP contribution in [0.1, 0.15) is 36.7 Å². The summed E-state index contributed by atoms with van der Waals surface area (Å²) >= 11 is 0. The number of hydrogen-bond acceptors (Lipinski definition) is 5. The summed E-state index contributed by atoms with van der Waals surface area (Å²) in [6.07, 6.45) is 4.45. The summed E-state index contributed by atoms with van der Waals surface area (Å²) in [5.41, 5.74) is 0.251. The van der Waals surface area contributed by atoms with E-state index in [1.54, 1.807) is 6.20 Å². The minimum atomic E-state index is -1.02. The number of anilines is 1. The Bertz CT molecular complexity index is 515. The van der Waals surface area contributed by atoms with E-state index in [9.17, 15) is 9.59 Å². The number of amides is 1. The maximum Gasteiger partial charge on any atom is 0.323 e. The van der Waals surface area contributed by atoms with E-state index in [0.717, 1.165) is 25.9 Å². The molecule has 1 amide bonds. The molecule has 1 N–H and O–H groups in total. The monoisotopic (exact) mass is 292 g/mol. The number of rotatable bonds is 6. The molecular weight excluding hydrogens is 272 g/mol. The third-order valence-electron chi connectivity index (χ3n) is 3.36. The molecule has 0 atom stereocenters. The Morgan fingerprint density at radius 3 is 2.71 bits per heavy atom. The molecule has 7 nitrogen and oxygen atoms in total. The van der Waals surface area contributed by atoms with Crippen molar-refractivity contribution in [3.8, 4) is 0 Å². The van der Waals surface area contributed by atoms with Gasteiger partial charge in [-0.25, -0.2) is 9.97 Å². The van der Waals surface area contributed by atoms with Gasteiger partial charge in [-0.3, -0.25) is 9.59 Å². The summed E-state index contributed by atoms with van der Waals surface area (Å²) in [6.45, 7) is 3.78. The first-order chi connectivity index (χ1) is 10.1. The molecule has 1 fully saturated rings. The lowest BCUT2D eigenvalue weighted by Crippen LogP contribution is -2.37. The number of carboxylic acid groups (broad SMARTS) is 1. The smallest absolute Gasteiger partial charge is 0.323 e. The van der Waals surface area contributed by atoms with Crippen LogP contribution >= 0.6 is 0 Å². The molecule has 0 unspecified atom stereocenters. The number of carboxylic acids is 1. The van der Waals surface area contributed by atoms with Crippen LogP contribution in [0.4, 0.5) is 5.95 Å². The van der Waals surface area contributed by atoms with Crippen molar-refractivity contribution in [1.29, 1.82) is 0 Å². The maximum absolute atomic E-state index is 12.4. The molecule has 1 aliphatic rings. The average molecular weight is 292 g/mol. The molecule has 1 aromatic rings. The van der Waals surface area contributed by atoms with Gasteiger partial charge in [0.05, 0.1) is 0 Å². The van der Waals surface area contributed by atoms with Crippen LogP contribution in [0.15, 0.2) is 12.3 Å². The average Bonchev–Trinajstić information content (AvgIpc) is 3.00. The lowest BCUT2D eigenvalue weighted by molar-refractivity contribution is -0.137. The van der Waals surface area contributed by atoms with Gasteiger partial charge in [0.25, 0.3) is 5.91 Å². The molecule has 2 rings (SSSR count). The molecule has 0 aromatic carbocycles. The minimum Gasteiger partial charge on any atom is -0.480 e. The SMILES string of the molecule is CCCN(CC(=O)O)C(=O)c1ccnc(N2CCCC2)n1. The zero-order valence-electron chi connectivity index (χ0n) is 12.2. The fourth-order valence-corrected chi connectivity index (χ4v) is 2.38. The van der Waals surface area contributed by atoms with Gasteiger partial charge in [0.1, 0.15) is 12.2 Å². The summed E-state index contributed by atoms with van der Waals surface area (Å²) in [5, 5.41) is 8.90. The molecule has 21 heavy (non-hydrogen) atoms. The lowest BCUT2D eigenvalue weighted by Gasteiger charge is -2.20. The summed E-state index contributed by atoms with van der Waals surface area (Å²) < 4.78 is 0. The number of carbonyl (C=O) groups is 2. The zero-order valence-corrected chi connectivity index (χ0v) is 12.2. The minimum absolute atomic E-state index is 0.251. The van der Waals surface area contributed by atoms with E-state index in [0.29, 0.717) is 18.9 Å². The van der Waals surface area contributed by atoms with Crippen LogP contribution in [0, 0.1) is 0 Å². The Morgan fingerprint density at radius 2 is 2.10 bits per heavy atom. The molecule has 0 saturated carbocycles. The summed E-state index contributed by atoms with van der Waals surface area (Å²) in [4.78, 5) is 35.1. The molecule has 1 aliphatic heterocycles. The summed E-state index contributed by atoms with van der Waals surface area (Å²) in [6, 6.07) is 1.53. The van der Waals surface area contributed by atoms with E-state index >= 15 is 0 Å². The predicted molar refractivity (Wildman–Crippen MR) is 77.3 cm³/mol. The van der Waals surface area contributed by atoms with E-state index in [4.69, 9.17) is 5.11 Å². The second-order valence-corrected chi connectivity index (χ2v) is 5.06. The number of carbonyl (C=O) groups excluding carboxylic acids is 1. The standard InChI is InChI=1S/C14H20N4O3/c1-2-7-18(10-12(19)20)13(21)11-5-6-15-14(16-11)17-8-3-4-9-17/h5-6H,2-4,7-10H2,1H3,(H,19,20). The van der Waals surface area contributed by atoms with Crippen LogP contribution in [-0.4, -0.2) is 58.0 Å². The van der Waals surface area contributed by atoms with Crippen molar-refractivity contribution in [1.82, 2.24) is 14.9 Å². The molecule has 1 aromatic heterocycles. The Kier molecular flexibility index (Phi) is 5.08. The van der Waals surface area contributed by atoms with Gasteiger partial charge in [0, 0.05) is 25.8 Å². The number of nitrogens with zero attached hydrogens (tertiary/aromatic N) is 4. The molecular formula is C14H20N4O3. The quantitative estimate of drug-likeness (QED) is 0.842. The highest BCUT2D eigenvalue weighted by Crippen LogP contribution is 2.15. The highest BCUT2D eigenvalue weighted by Gasteiger charge is 2.21. The van der Waals surface area contributed by atoms with Gasteiger partial charge in [-0.15, -0.1) is 0 Å². The normalized spacial score (nSPS) is 14.2. The van der Waals surface area contributed by atoms with Crippen LogP contribution in [0.5, 0.6) is 0 Å². The van der Waals surface area contributed by atoms with Crippen molar-refractivity contribution in [2.45, 2.75) is 26.2 Å². The van der Waals surface area contributed by atoms with Crippen LogP contribution < -0.4 is 4.90 Å². The van der Waals surface area contributed by atoms with Gasteiger partial charge in [0.2, 0.25) is 5.95 Å². The van der Waals surface area contributed by atoms with Crippen LogP contribution in [0.2, 0.25) is 0 Å². The Morgan fingerprint density at radius 1 is 1.38 bits per heavy atom. The van der Waals surface area contributed by atoms with Crippen molar-refractivity contribution in [3.05, 3.63) is 18.0 Å². The molecule has 7 heteroatoms. The zero-order chi connectivity index (χ0) is 15.2. The van der Waals surface area contributed by atoms with Gasteiger partial charge in [-0.05, 0) is 25.3 Å². The van der Waals surface area contributed by atoms with Crippen molar-refractivity contribution in [3.63, 3.8) is 0 Å². The van der Waals surface area contributed by atoms with Gasteiger partial charge < -0.3 is 14.9 Å². The van der Waals surface area contributed by atoms with E-state index in [1.807, 2.05) is 11.8 Å². The van der Waals surface area contributed by atoms with Gasteiger partial charge >= 0.3 is 5.97 Å². The van der Waals surface area contributed by atoms with Gasteiger partial charge in [-0.1, -0.05) is 6.92 Å². The third-order valence-corrected chi connectivity index (χ3v) is 3.36. The highest BCUT2D eigenvalue weighted by atomic mass is 16.4. The summed E-state index contributed by atoms with van der Waals surface area (Å²) in [7, 11) is 0. The fourth-order valence-electron chi connectivity index (χ4n) is 2.38. The predicted octanol–water partition coefficient (Wildman–Crippen LogP) is 1.01. The molecule has 114 valence electrons. The largest absolute Gasteiger partial charge is 0.480 e. The molecule has 0 radical (unpaired) electrons. The Balaban J connectivity index is 2.16. The van der Waals surface area contributed by atoms with Crippen molar-refractivity contribution in [2.24, 2.45) is 0 Å². The Hall–Kier alpha value is -2.18. The first kappa shape index (κ1) is 15.2. The first-order valence-corrected chi connectivity index (χ1v) is 7.21. The molecule has 1 saturated heterocycles. The summed E-state index contributed by atoms with van der Waals surface area (Å²) in [5.74, 6) is -0.835. The van der Waals surface area contributed by atoms with Crippen molar-refractivity contribution in [2.75, 3.05) is 31.1 Å². The Labute approximate surface area is 123 Å². The molecule has 0 bridgehead atoms. The van der Waals surface area contributed by atoms with E-state index < -0.39 is 5.97 Å². The van der Waals surface area contributed by atoms with E-state index in [-0.39, 0.29) is 18.1 Å². The number of aliphatic carboxylic acids is 1. The third kappa shape index (κ3) is 3.90. The van der Waals surface area contributed by atoms with E-state index in [2.05, 4.69) is 9.97 Å². The van der Waals surface area contributed by atoms with Gasteiger partial charge in [-0.2, -0.15) is 0 Å². The van der Waals surface area contributed by atoms with Gasteiger partial charge in [0.15, 0.2) is 0 Å². The topological polar surface area (TPSA) is 86.6 Å². The van der Waals surface area contributed by atoms with Crippen LogP contribution in [-0.2, 0) is 4.79 Å². The second kappa shape index (κ2) is 7.01. The highest BCUT2D eigenvalue weighted by molar-refractivity contribution is 5.94. The van der Waals surface area contributed by atoms with Crippen LogP contribution in [0.25, 0.3) is 0 Å². The fraction of sp³-hybridized carbons (Fsp3) is 0.571. The van der Waals surface area contributed by atoms with Crippen molar-refractivity contribution >= 4 is 17.8 Å². The molecule has 0 aliphatic carbocycles. The lowest BCUT2D eigenvalue weighted by atomic mass is 10.3. The maximum atomic E-state index is 12.4. The van der Waals surface area contributed by atoms with E-state index in [1.165, 1.54) is 11.0 Å².